The first kappa shape index (κ1) is 18.2. The average Bonchev–Trinajstić information content (AvgIpc) is 2.96. The fraction of sp³-hybridized carbons (Fsp3) is 0.467. The number of urea groups is 1. The topological polar surface area (TPSA) is 119 Å². The van der Waals surface area contributed by atoms with Crippen LogP contribution in [0.4, 0.5) is 10.5 Å². The SMILES string of the molecule is COC(=O)C[C@@H]1CCN(C(=O)Nc2cc(S(N)(=O)=O)ccc2C)C1. The molecule has 1 aliphatic heterocycles. The van der Waals surface area contributed by atoms with E-state index in [-0.39, 0.29) is 29.2 Å². The minimum absolute atomic E-state index is 0.0617. The Morgan fingerprint density at radius 2 is 2.12 bits per heavy atom. The number of hydrogen-bond donors (Lipinski definition) is 2. The van der Waals surface area contributed by atoms with Crippen molar-refractivity contribution in [1.29, 1.82) is 0 Å². The molecular formula is C15H21N3O5S. The molecule has 1 fully saturated rings. The number of amides is 2. The molecule has 0 spiro atoms. The molecule has 0 aliphatic carbocycles. The molecule has 2 amide bonds. The number of primary sulfonamides is 1. The van der Waals surface area contributed by atoms with Crippen molar-refractivity contribution in [2.45, 2.75) is 24.7 Å². The zero-order valence-corrected chi connectivity index (χ0v) is 14.4. The number of carbonyl (C=O) groups is 2. The molecule has 1 aromatic carbocycles. The fourth-order valence-corrected chi connectivity index (χ4v) is 3.15. The summed E-state index contributed by atoms with van der Waals surface area (Å²) in [6.45, 7) is 2.74. The van der Waals surface area contributed by atoms with Crippen molar-refractivity contribution in [3.05, 3.63) is 23.8 Å². The summed E-state index contributed by atoms with van der Waals surface area (Å²) in [5, 5.41) is 7.82. The number of esters is 1. The van der Waals surface area contributed by atoms with E-state index in [1.807, 2.05) is 0 Å². The molecular weight excluding hydrogens is 334 g/mol. The van der Waals surface area contributed by atoms with Crippen LogP contribution in [0.1, 0.15) is 18.4 Å². The quantitative estimate of drug-likeness (QED) is 0.783. The number of nitrogens with two attached hydrogens (primary N) is 1. The van der Waals surface area contributed by atoms with Gasteiger partial charge in [0.15, 0.2) is 0 Å². The number of nitrogens with one attached hydrogen (secondary N) is 1. The van der Waals surface area contributed by atoms with Crippen LogP contribution in [-0.4, -0.2) is 45.5 Å². The van der Waals surface area contributed by atoms with Gasteiger partial charge in [-0.1, -0.05) is 6.07 Å². The lowest BCUT2D eigenvalue weighted by atomic mass is 10.1. The summed E-state index contributed by atoms with van der Waals surface area (Å²) >= 11 is 0. The minimum Gasteiger partial charge on any atom is -0.469 e. The maximum atomic E-state index is 12.3. The maximum absolute atomic E-state index is 12.3. The van der Waals surface area contributed by atoms with Crippen LogP contribution >= 0.6 is 0 Å². The zero-order valence-electron chi connectivity index (χ0n) is 13.6. The molecule has 0 unspecified atom stereocenters. The second-order valence-corrected chi connectivity index (χ2v) is 7.39. The number of likely N-dealkylation sites (tertiary alicyclic amines) is 1. The Bertz CT molecular complexity index is 747. The van der Waals surface area contributed by atoms with Gasteiger partial charge in [0.25, 0.3) is 0 Å². The Morgan fingerprint density at radius 3 is 2.75 bits per heavy atom. The third kappa shape index (κ3) is 4.45. The van der Waals surface area contributed by atoms with Gasteiger partial charge in [-0.15, -0.1) is 0 Å². The number of benzene rings is 1. The van der Waals surface area contributed by atoms with Gasteiger partial charge in [0.1, 0.15) is 0 Å². The van der Waals surface area contributed by atoms with Crippen LogP contribution in [0, 0.1) is 12.8 Å². The number of methoxy groups -OCH3 is 1. The highest BCUT2D eigenvalue weighted by molar-refractivity contribution is 7.89. The third-order valence-electron chi connectivity index (χ3n) is 4.04. The standard InChI is InChI=1S/C15H21N3O5S/c1-10-3-4-12(24(16,21)22)8-13(10)17-15(20)18-6-5-11(9-18)7-14(19)23-2/h3-4,8,11H,5-7,9H2,1-2H3,(H,17,20)(H2,16,21,22)/t11-/m0/s1. The number of anilines is 1. The van der Waals surface area contributed by atoms with E-state index in [1.165, 1.54) is 19.2 Å². The highest BCUT2D eigenvalue weighted by Gasteiger charge is 2.28. The number of ether oxygens (including phenoxy) is 1. The molecule has 3 N–H and O–H groups in total. The van der Waals surface area contributed by atoms with E-state index in [1.54, 1.807) is 17.9 Å². The zero-order chi connectivity index (χ0) is 17.9. The van der Waals surface area contributed by atoms with Crippen LogP contribution in [0.15, 0.2) is 23.1 Å². The van der Waals surface area contributed by atoms with Crippen molar-refractivity contribution in [3.8, 4) is 0 Å². The van der Waals surface area contributed by atoms with Gasteiger partial charge >= 0.3 is 12.0 Å². The highest BCUT2D eigenvalue weighted by atomic mass is 32.2. The maximum Gasteiger partial charge on any atom is 0.321 e. The lowest BCUT2D eigenvalue weighted by Gasteiger charge is -2.18. The van der Waals surface area contributed by atoms with Crippen LogP contribution in [0.3, 0.4) is 0 Å². The Labute approximate surface area is 141 Å². The van der Waals surface area contributed by atoms with Crippen LogP contribution in [0.5, 0.6) is 0 Å². The lowest BCUT2D eigenvalue weighted by molar-refractivity contribution is -0.141. The molecule has 0 radical (unpaired) electrons. The second kappa shape index (κ2) is 7.18. The number of carbonyl (C=O) groups excluding carboxylic acids is 2. The fourth-order valence-electron chi connectivity index (χ4n) is 2.61. The number of aryl methyl sites for hydroxylation is 1. The average molecular weight is 355 g/mol. The molecule has 9 heteroatoms. The van der Waals surface area contributed by atoms with Gasteiger partial charge in [-0.25, -0.2) is 18.4 Å². The van der Waals surface area contributed by atoms with Crippen molar-refractivity contribution in [1.82, 2.24) is 4.90 Å². The van der Waals surface area contributed by atoms with Gasteiger partial charge in [0.05, 0.1) is 18.4 Å². The van der Waals surface area contributed by atoms with Crippen LogP contribution < -0.4 is 10.5 Å². The second-order valence-electron chi connectivity index (χ2n) is 5.83. The molecule has 1 atom stereocenters. The molecule has 0 aromatic heterocycles. The Hall–Kier alpha value is -2.13. The van der Waals surface area contributed by atoms with Gasteiger partial charge < -0.3 is 15.0 Å². The van der Waals surface area contributed by atoms with E-state index in [0.29, 0.717) is 18.8 Å². The largest absolute Gasteiger partial charge is 0.469 e. The molecule has 1 aliphatic rings. The van der Waals surface area contributed by atoms with E-state index in [0.717, 1.165) is 12.0 Å². The van der Waals surface area contributed by atoms with Crippen molar-refractivity contribution in [2.24, 2.45) is 11.1 Å². The minimum atomic E-state index is -3.84. The summed E-state index contributed by atoms with van der Waals surface area (Å²) in [7, 11) is -2.50. The number of hydrogen-bond acceptors (Lipinski definition) is 5. The van der Waals surface area contributed by atoms with E-state index < -0.39 is 10.0 Å². The Morgan fingerprint density at radius 1 is 1.42 bits per heavy atom. The van der Waals surface area contributed by atoms with Gasteiger partial charge in [0.2, 0.25) is 10.0 Å². The van der Waals surface area contributed by atoms with Crippen LogP contribution in [0.2, 0.25) is 0 Å². The molecule has 1 heterocycles. The summed E-state index contributed by atoms with van der Waals surface area (Å²) in [4.78, 5) is 25.2. The van der Waals surface area contributed by atoms with Crippen molar-refractivity contribution < 1.29 is 22.7 Å². The predicted molar refractivity (Wildman–Crippen MR) is 87.9 cm³/mol. The Balaban J connectivity index is 2.04. The summed E-state index contributed by atoms with van der Waals surface area (Å²) in [5.74, 6) is -0.223. The molecule has 24 heavy (non-hydrogen) atoms. The first-order valence-corrected chi connectivity index (χ1v) is 9.01. The van der Waals surface area contributed by atoms with E-state index in [2.05, 4.69) is 10.1 Å². The van der Waals surface area contributed by atoms with Gasteiger partial charge in [-0.3, -0.25) is 4.79 Å². The molecule has 0 saturated carbocycles. The van der Waals surface area contributed by atoms with Gasteiger partial charge in [-0.2, -0.15) is 0 Å². The molecule has 8 nitrogen and oxygen atoms in total. The summed E-state index contributed by atoms with van der Waals surface area (Å²) in [5.41, 5.74) is 1.11. The number of sulfonamides is 1. The van der Waals surface area contributed by atoms with E-state index in [4.69, 9.17) is 5.14 Å². The summed E-state index contributed by atoms with van der Waals surface area (Å²) < 4.78 is 27.5. The third-order valence-corrected chi connectivity index (χ3v) is 4.95. The Kier molecular flexibility index (Phi) is 5.45. The van der Waals surface area contributed by atoms with E-state index >= 15 is 0 Å². The van der Waals surface area contributed by atoms with Gasteiger partial charge in [-0.05, 0) is 37.0 Å². The van der Waals surface area contributed by atoms with E-state index in [9.17, 15) is 18.0 Å². The van der Waals surface area contributed by atoms with Gasteiger partial charge in [0, 0.05) is 18.8 Å². The molecule has 1 saturated heterocycles. The molecule has 132 valence electrons. The van der Waals surface area contributed by atoms with Crippen molar-refractivity contribution >= 4 is 27.7 Å². The van der Waals surface area contributed by atoms with Crippen molar-refractivity contribution in [3.63, 3.8) is 0 Å². The van der Waals surface area contributed by atoms with Crippen LogP contribution in [0.25, 0.3) is 0 Å². The number of nitrogens with zero attached hydrogens (tertiary/aromatic N) is 1. The summed E-state index contributed by atoms with van der Waals surface area (Å²) in [6.07, 6.45) is 0.999. The smallest absolute Gasteiger partial charge is 0.321 e. The summed E-state index contributed by atoms with van der Waals surface area (Å²) in [6, 6.07) is 3.98. The highest BCUT2D eigenvalue weighted by Crippen LogP contribution is 2.23. The lowest BCUT2D eigenvalue weighted by Crippen LogP contribution is -2.33. The predicted octanol–water partition coefficient (Wildman–Crippen LogP) is 1.06. The number of rotatable bonds is 4. The molecule has 1 aromatic rings. The normalized spacial score (nSPS) is 17.6. The van der Waals surface area contributed by atoms with Crippen LogP contribution in [-0.2, 0) is 19.6 Å². The molecule has 0 bridgehead atoms. The van der Waals surface area contributed by atoms with Crippen molar-refractivity contribution in [2.75, 3.05) is 25.5 Å². The molecule has 2 rings (SSSR count). The monoisotopic (exact) mass is 355 g/mol. The first-order chi connectivity index (χ1) is 11.2. The first-order valence-electron chi connectivity index (χ1n) is 7.47.